The largest absolute Gasteiger partial charge is 0.497 e. The molecule has 6 nitrogen and oxygen atoms in total. The number of rotatable bonds is 3. The molecule has 1 fully saturated rings. The zero-order valence-electron chi connectivity index (χ0n) is 16.0. The summed E-state index contributed by atoms with van der Waals surface area (Å²) in [5, 5.41) is 2.00. The molecule has 4 heterocycles. The van der Waals surface area contributed by atoms with Gasteiger partial charge in [0.15, 0.2) is 0 Å². The Bertz CT molecular complexity index is 1180. The Balaban J connectivity index is 1.36. The molecule has 1 saturated heterocycles. The third kappa shape index (κ3) is 3.38. The number of aromatic nitrogens is 2. The quantitative estimate of drug-likeness (QED) is 0.520. The lowest BCUT2D eigenvalue weighted by Crippen LogP contribution is -2.48. The zero-order valence-corrected chi connectivity index (χ0v) is 16.9. The van der Waals surface area contributed by atoms with Gasteiger partial charge in [-0.25, -0.2) is 9.97 Å². The molecular weight excluding hydrogens is 384 g/mol. The minimum atomic E-state index is 0.0790. The second kappa shape index (κ2) is 7.33. The van der Waals surface area contributed by atoms with Crippen LogP contribution in [0.3, 0.4) is 0 Å². The molecule has 0 bridgehead atoms. The highest BCUT2D eigenvalue weighted by Crippen LogP contribution is 2.30. The summed E-state index contributed by atoms with van der Waals surface area (Å²) in [6.45, 7) is 2.96. The molecular formula is C22H20N4O2S. The van der Waals surface area contributed by atoms with E-state index in [1.54, 1.807) is 13.3 Å². The van der Waals surface area contributed by atoms with E-state index < -0.39 is 0 Å². The Morgan fingerprint density at radius 3 is 2.66 bits per heavy atom. The summed E-state index contributed by atoms with van der Waals surface area (Å²) in [4.78, 5) is 28.0. The van der Waals surface area contributed by atoms with Gasteiger partial charge in [-0.1, -0.05) is 6.07 Å². The molecule has 5 rings (SSSR count). The number of nitrogens with zero attached hydrogens (tertiary/aromatic N) is 4. The number of fused-ring (bicyclic) bond motifs is 2. The molecule has 0 N–H and O–H groups in total. The van der Waals surface area contributed by atoms with E-state index in [0.717, 1.165) is 50.7 Å². The number of amides is 1. The van der Waals surface area contributed by atoms with E-state index in [9.17, 15) is 4.79 Å². The number of hydrogen-bond acceptors (Lipinski definition) is 6. The van der Waals surface area contributed by atoms with E-state index in [1.807, 2.05) is 47.4 Å². The first kappa shape index (κ1) is 17.9. The maximum Gasteiger partial charge on any atom is 0.264 e. The molecule has 1 aliphatic rings. The summed E-state index contributed by atoms with van der Waals surface area (Å²) in [5.41, 5.74) is 0.906. The smallest absolute Gasteiger partial charge is 0.264 e. The van der Waals surface area contributed by atoms with Gasteiger partial charge in [0.1, 0.15) is 16.4 Å². The maximum atomic E-state index is 13.1. The number of carbonyl (C=O) groups excluding carboxylic acids is 1. The van der Waals surface area contributed by atoms with Crippen LogP contribution in [-0.2, 0) is 0 Å². The summed E-state index contributed by atoms with van der Waals surface area (Å²) in [6, 6.07) is 15.8. The van der Waals surface area contributed by atoms with Gasteiger partial charge in [0.25, 0.3) is 5.91 Å². The fraction of sp³-hybridized carbons (Fsp3) is 0.227. The first-order chi connectivity index (χ1) is 14.2. The molecule has 7 heteroatoms. The van der Waals surface area contributed by atoms with Gasteiger partial charge in [-0.3, -0.25) is 4.79 Å². The van der Waals surface area contributed by atoms with Crippen molar-refractivity contribution in [3.05, 3.63) is 59.6 Å². The average molecular weight is 404 g/mol. The molecule has 0 radical (unpaired) electrons. The number of ether oxygens (including phenoxy) is 1. The number of piperazine rings is 1. The first-order valence-electron chi connectivity index (χ1n) is 9.55. The van der Waals surface area contributed by atoms with Gasteiger partial charge in [0, 0.05) is 43.1 Å². The van der Waals surface area contributed by atoms with Crippen molar-refractivity contribution in [3.63, 3.8) is 0 Å². The highest BCUT2D eigenvalue weighted by molar-refractivity contribution is 7.20. The Hall–Kier alpha value is -3.19. The molecule has 146 valence electrons. The monoisotopic (exact) mass is 404 g/mol. The van der Waals surface area contributed by atoms with Crippen molar-refractivity contribution in [3.8, 4) is 5.75 Å². The highest BCUT2D eigenvalue weighted by atomic mass is 32.1. The van der Waals surface area contributed by atoms with Gasteiger partial charge in [0.2, 0.25) is 0 Å². The van der Waals surface area contributed by atoms with Crippen molar-refractivity contribution in [2.24, 2.45) is 0 Å². The lowest BCUT2D eigenvalue weighted by molar-refractivity contribution is 0.0751. The predicted molar refractivity (Wildman–Crippen MR) is 116 cm³/mol. The van der Waals surface area contributed by atoms with Crippen LogP contribution in [0.25, 0.3) is 21.1 Å². The fourth-order valence-electron chi connectivity index (χ4n) is 3.68. The van der Waals surface area contributed by atoms with E-state index in [-0.39, 0.29) is 5.91 Å². The summed E-state index contributed by atoms with van der Waals surface area (Å²) < 4.78 is 5.30. The molecule has 1 amide bonds. The van der Waals surface area contributed by atoms with Crippen LogP contribution in [-0.4, -0.2) is 54.1 Å². The Morgan fingerprint density at radius 1 is 1.03 bits per heavy atom. The molecule has 0 atom stereocenters. The van der Waals surface area contributed by atoms with Crippen molar-refractivity contribution in [2.75, 3.05) is 38.2 Å². The number of pyridine rings is 2. The summed E-state index contributed by atoms with van der Waals surface area (Å²) >= 11 is 1.46. The molecule has 1 aromatic carbocycles. The van der Waals surface area contributed by atoms with Gasteiger partial charge in [-0.15, -0.1) is 11.3 Å². The topological polar surface area (TPSA) is 58.6 Å². The van der Waals surface area contributed by atoms with E-state index in [1.165, 1.54) is 11.3 Å². The lowest BCUT2D eigenvalue weighted by Gasteiger charge is -2.35. The van der Waals surface area contributed by atoms with Crippen LogP contribution in [0.5, 0.6) is 5.75 Å². The third-order valence-electron chi connectivity index (χ3n) is 5.26. The molecule has 1 aliphatic heterocycles. The van der Waals surface area contributed by atoms with Crippen LogP contribution < -0.4 is 9.64 Å². The number of carbonyl (C=O) groups is 1. The van der Waals surface area contributed by atoms with Gasteiger partial charge in [-0.05, 0) is 42.5 Å². The van der Waals surface area contributed by atoms with Gasteiger partial charge in [-0.2, -0.15) is 0 Å². The molecule has 29 heavy (non-hydrogen) atoms. The van der Waals surface area contributed by atoms with Crippen molar-refractivity contribution in [1.82, 2.24) is 14.9 Å². The minimum Gasteiger partial charge on any atom is -0.497 e. The minimum absolute atomic E-state index is 0.0790. The lowest BCUT2D eigenvalue weighted by atomic mass is 10.2. The normalized spacial score (nSPS) is 14.5. The predicted octanol–water partition coefficient (Wildman–Crippen LogP) is 3.82. The van der Waals surface area contributed by atoms with Crippen molar-refractivity contribution in [1.29, 1.82) is 0 Å². The van der Waals surface area contributed by atoms with Crippen LogP contribution in [0.15, 0.2) is 54.7 Å². The molecule has 0 saturated carbocycles. The highest BCUT2D eigenvalue weighted by Gasteiger charge is 2.24. The second-order valence-corrected chi connectivity index (χ2v) is 8.05. The molecule has 3 aromatic heterocycles. The van der Waals surface area contributed by atoms with E-state index in [2.05, 4.69) is 16.0 Å². The van der Waals surface area contributed by atoms with Crippen LogP contribution in [0, 0.1) is 0 Å². The Kier molecular flexibility index (Phi) is 4.52. The fourth-order valence-corrected chi connectivity index (χ4v) is 4.67. The van der Waals surface area contributed by atoms with Gasteiger partial charge >= 0.3 is 0 Å². The van der Waals surface area contributed by atoms with E-state index in [4.69, 9.17) is 9.72 Å². The number of anilines is 1. The third-order valence-corrected chi connectivity index (χ3v) is 6.29. The van der Waals surface area contributed by atoms with E-state index in [0.29, 0.717) is 13.1 Å². The van der Waals surface area contributed by atoms with Gasteiger partial charge in [0.05, 0.1) is 17.5 Å². The number of thiophene rings is 1. The Labute approximate surface area is 172 Å². The SMILES string of the molecule is COc1ccc2nc3sc(C(=O)N4CCN(c5ccccn5)CC4)cc3cc2c1. The van der Waals surface area contributed by atoms with Crippen molar-refractivity contribution >= 4 is 44.2 Å². The molecule has 4 aromatic rings. The summed E-state index contributed by atoms with van der Waals surface area (Å²) in [5.74, 6) is 1.85. The summed E-state index contributed by atoms with van der Waals surface area (Å²) in [7, 11) is 1.65. The Morgan fingerprint density at radius 2 is 1.90 bits per heavy atom. The number of benzene rings is 1. The standard InChI is InChI=1S/C22H20N4O2S/c1-28-17-5-6-18-15(13-17)12-16-14-19(29-21(16)24-18)22(27)26-10-8-25(9-11-26)20-4-2-3-7-23-20/h2-7,12-14H,8-11H2,1H3. The molecule has 0 spiro atoms. The van der Waals surface area contributed by atoms with Crippen LogP contribution in [0.1, 0.15) is 9.67 Å². The summed E-state index contributed by atoms with van der Waals surface area (Å²) in [6.07, 6.45) is 1.80. The zero-order chi connectivity index (χ0) is 19.8. The maximum absolute atomic E-state index is 13.1. The molecule has 0 unspecified atom stereocenters. The second-order valence-electron chi connectivity index (χ2n) is 7.02. The van der Waals surface area contributed by atoms with Crippen LogP contribution in [0.2, 0.25) is 0 Å². The van der Waals surface area contributed by atoms with Gasteiger partial charge < -0.3 is 14.5 Å². The average Bonchev–Trinajstić information content (AvgIpc) is 3.20. The molecule has 0 aliphatic carbocycles. The van der Waals surface area contributed by atoms with Crippen LogP contribution in [0.4, 0.5) is 5.82 Å². The van der Waals surface area contributed by atoms with Crippen LogP contribution >= 0.6 is 11.3 Å². The first-order valence-corrected chi connectivity index (χ1v) is 10.4. The van der Waals surface area contributed by atoms with Crippen molar-refractivity contribution < 1.29 is 9.53 Å². The van der Waals surface area contributed by atoms with Crippen molar-refractivity contribution in [2.45, 2.75) is 0 Å². The number of hydrogen-bond donors (Lipinski definition) is 0. The van der Waals surface area contributed by atoms with E-state index >= 15 is 0 Å². The number of methoxy groups -OCH3 is 1.